The minimum atomic E-state index is -0.226. The molecule has 0 fully saturated rings. The fraction of sp³-hybridized carbons (Fsp3) is 0.0833. The minimum Gasteiger partial charge on any atom is -0.325 e. The Labute approximate surface area is 108 Å². The van der Waals surface area contributed by atoms with Gasteiger partial charge in [0.05, 0.1) is 5.75 Å². The molecule has 0 saturated heterocycles. The van der Waals surface area contributed by atoms with Crippen LogP contribution in [-0.4, -0.2) is 21.6 Å². The van der Waals surface area contributed by atoms with Gasteiger partial charge in [0.15, 0.2) is 5.16 Å². The predicted octanol–water partition coefficient (Wildman–Crippen LogP) is 1.50. The van der Waals surface area contributed by atoms with Crippen molar-refractivity contribution < 1.29 is 4.79 Å². The van der Waals surface area contributed by atoms with Crippen LogP contribution in [0.4, 0.5) is 5.69 Å². The van der Waals surface area contributed by atoms with Gasteiger partial charge in [-0.1, -0.05) is 30.0 Å². The van der Waals surface area contributed by atoms with Crippen molar-refractivity contribution in [2.45, 2.75) is 5.16 Å². The zero-order chi connectivity index (χ0) is 12.8. The number of anilines is 1. The number of thioether (sulfide) groups is 1. The molecule has 2 rings (SSSR count). The molecule has 0 aliphatic heterocycles. The van der Waals surface area contributed by atoms with E-state index in [1.165, 1.54) is 24.0 Å². The summed E-state index contributed by atoms with van der Waals surface area (Å²) in [5.41, 5.74) is 0.522. The topological polar surface area (TPSA) is 74.8 Å². The Hall–Kier alpha value is -2.08. The molecule has 0 radical (unpaired) electrons. The SMILES string of the molecule is O=C(CSc1nccc(=O)[nH]1)Nc1ccccc1. The molecule has 1 heterocycles. The predicted molar refractivity (Wildman–Crippen MR) is 70.7 cm³/mol. The zero-order valence-corrected chi connectivity index (χ0v) is 10.2. The van der Waals surface area contributed by atoms with Crippen LogP contribution in [-0.2, 0) is 4.79 Å². The van der Waals surface area contributed by atoms with E-state index in [0.29, 0.717) is 5.16 Å². The highest BCUT2D eigenvalue weighted by atomic mass is 32.2. The monoisotopic (exact) mass is 261 g/mol. The van der Waals surface area contributed by atoms with Crippen LogP contribution < -0.4 is 10.9 Å². The Morgan fingerprint density at radius 3 is 2.78 bits per heavy atom. The van der Waals surface area contributed by atoms with Crippen molar-refractivity contribution in [2.75, 3.05) is 11.1 Å². The molecule has 0 spiro atoms. The highest BCUT2D eigenvalue weighted by molar-refractivity contribution is 7.99. The number of hydrogen-bond donors (Lipinski definition) is 2. The second-order valence-corrected chi connectivity index (χ2v) is 4.41. The second-order valence-electron chi connectivity index (χ2n) is 3.44. The minimum absolute atomic E-state index is 0.141. The summed E-state index contributed by atoms with van der Waals surface area (Å²) in [6.07, 6.45) is 1.41. The molecule has 0 bridgehead atoms. The summed E-state index contributed by atoms with van der Waals surface area (Å²) >= 11 is 1.18. The number of para-hydroxylation sites is 1. The number of hydrogen-bond acceptors (Lipinski definition) is 4. The quantitative estimate of drug-likeness (QED) is 0.646. The number of aromatic amines is 1. The van der Waals surface area contributed by atoms with Gasteiger partial charge >= 0.3 is 0 Å². The normalized spacial score (nSPS) is 10.0. The molecular weight excluding hydrogens is 250 g/mol. The van der Waals surface area contributed by atoms with Crippen molar-refractivity contribution in [2.24, 2.45) is 0 Å². The summed E-state index contributed by atoms with van der Waals surface area (Å²) in [6.45, 7) is 0. The lowest BCUT2D eigenvalue weighted by Crippen LogP contribution is -2.15. The van der Waals surface area contributed by atoms with E-state index in [1.807, 2.05) is 30.3 Å². The van der Waals surface area contributed by atoms with Crippen LogP contribution in [0.3, 0.4) is 0 Å². The number of carbonyl (C=O) groups excluding carboxylic acids is 1. The maximum absolute atomic E-state index is 11.6. The van der Waals surface area contributed by atoms with Gasteiger partial charge in [0.1, 0.15) is 0 Å². The molecule has 1 aromatic carbocycles. The molecular formula is C12H11N3O2S. The molecule has 1 aromatic heterocycles. The van der Waals surface area contributed by atoms with E-state index >= 15 is 0 Å². The molecule has 2 aromatic rings. The van der Waals surface area contributed by atoms with Gasteiger partial charge in [-0.25, -0.2) is 4.98 Å². The van der Waals surface area contributed by atoms with E-state index in [2.05, 4.69) is 15.3 Å². The number of rotatable bonds is 4. The van der Waals surface area contributed by atoms with E-state index in [4.69, 9.17) is 0 Å². The summed E-state index contributed by atoms with van der Waals surface area (Å²) in [6, 6.07) is 10.5. The van der Waals surface area contributed by atoms with E-state index < -0.39 is 0 Å². The van der Waals surface area contributed by atoms with Crippen LogP contribution in [0.5, 0.6) is 0 Å². The summed E-state index contributed by atoms with van der Waals surface area (Å²) in [5, 5.41) is 3.18. The summed E-state index contributed by atoms with van der Waals surface area (Å²) in [4.78, 5) is 29.1. The molecule has 0 unspecified atom stereocenters. The van der Waals surface area contributed by atoms with Gasteiger partial charge in [0.25, 0.3) is 5.56 Å². The van der Waals surface area contributed by atoms with Gasteiger partial charge < -0.3 is 10.3 Å². The van der Waals surface area contributed by atoms with Crippen LogP contribution in [0, 0.1) is 0 Å². The third-order valence-electron chi connectivity index (χ3n) is 2.05. The Bertz CT molecular complexity index is 583. The standard InChI is InChI=1S/C12H11N3O2S/c16-10-6-7-13-12(15-10)18-8-11(17)14-9-4-2-1-3-5-9/h1-7H,8H2,(H,14,17)(H,13,15,16). The van der Waals surface area contributed by atoms with Gasteiger partial charge in [-0.2, -0.15) is 0 Å². The van der Waals surface area contributed by atoms with Crippen LogP contribution in [0.15, 0.2) is 52.5 Å². The number of benzene rings is 1. The second kappa shape index (κ2) is 6.02. The Morgan fingerprint density at radius 1 is 1.28 bits per heavy atom. The van der Waals surface area contributed by atoms with Gasteiger partial charge in [0, 0.05) is 18.0 Å². The lowest BCUT2D eigenvalue weighted by Gasteiger charge is -2.03. The largest absolute Gasteiger partial charge is 0.325 e. The average Bonchev–Trinajstić information content (AvgIpc) is 2.38. The molecule has 0 atom stereocenters. The van der Waals surface area contributed by atoms with E-state index in [-0.39, 0.29) is 17.2 Å². The first-order valence-electron chi connectivity index (χ1n) is 5.27. The number of H-pyrrole nitrogens is 1. The molecule has 2 N–H and O–H groups in total. The maximum Gasteiger partial charge on any atom is 0.251 e. The molecule has 1 amide bonds. The number of nitrogens with zero attached hydrogens (tertiary/aromatic N) is 1. The van der Waals surface area contributed by atoms with Crippen molar-refractivity contribution in [1.82, 2.24) is 9.97 Å². The third-order valence-corrected chi connectivity index (χ3v) is 2.93. The molecule has 0 saturated carbocycles. The van der Waals surface area contributed by atoms with Crippen molar-refractivity contribution in [3.05, 3.63) is 52.9 Å². The maximum atomic E-state index is 11.6. The van der Waals surface area contributed by atoms with Crippen LogP contribution >= 0.6 is 11.8 Å². The van der Waals surface area contributed by atoms with Crippen LogP contribution in [0.25, 0.3) is 0 Å². The number of aromatic nitrogens is 2. The van der Waals surface area contributed by atoms with Crippen molar-refractivity contribution in [3.8, 4) is 0 Å². The molecule has 6 heteroatoms. The Balaban J connectivity index is 1.87. The Kier molecular flexibility index (Phi) is 4.14. The van der Waals surface area contributed by atoms with Crippen molar-refractivity contribution in [1.29, 1.82) is 0 Å². The number of amides is 1. The third kappa shape index (κ3) is 3.74. The fourth-order valence-corrected chi connectivity index (χ4v) is 1.93. The van der Waals surface area contributed by atoms with Crippen LogP contribution in [0.1, 0.15) is 0 Å². The van der Waals surface area contributed by atoms with Gasteiger partial charge in [-0.3, -0.25) is 9.59 Å². The van der Waals surface area contributed by atoms with E-state index in [9.17, 15) is 9.59 Å². The molecule has 92 valence electrons. The van der Waals surface area contributed by atoms with Crippen LogP contribution in [0.2, 0.25) is 0 Å². The number of nitrogens with one attached hydrogen (secondary N) is 2. The first-order valence-corrected chi connectivity index (χ1v) is 6.25. The lowest BCUT2D eigenvalue weighted by molar-refractivity contribution is -0.113. The highest BCUT2D eigenvalue weighted by Crippen LogP contribution is 2.11. The van der Waals surface area contributed by atoms with Crippen molar-refractivity contribution in [3.63, 3.8) is 0 Å². The van der Waals surface area contributed by atoms with E-state index in [0.717, 1.165) is 5.69 Å². The average molecular weight is 261 g/mol. The highest BCUT2D eigenvalue weighted by Gasteiger charge is 2.04. The summed E-state index contributed by atoms with van der Waals surface area (Å²) in [7, 11) is 0. The molecule has 0 aliphatic carbocycles. The summed E-state index contributed by atoms with van der Waals surface area (Å²) < 4.78 is 0. The smallest absolute Gasteiger partial charge is 0.251 e. The molecule has 18 heavy (non-hydrogen) atoms. The van der Waals surface area contributed by atoms with Gasteiger partial charge in [0.2, 0.25) is 5.91 Å². The lowest BCUT2D eigenvalue weighted by atomic mass is 10.3. The van der Waals surface area contributed by atoms with Crippen molar-refractivity contribution >= 4 is 23.4 Å². The van der Waals surface area contributed by atoms with E-state index in [1.54, 1.807) is 0 Å². The van der Waals surface area contributed by atoms with Gasteiger partial charge in [-0.05, 0) is 12.1 Å². The first-order chi connectivity index (χ1) is 8.74. The number of carbonyl (C=O) groups is 1. The first kappa shape index (κ1) is 12.4. The zero-order valence-electron chi connectivity index (χ0n) is 9.42. The fourth-order valence-electron chi connectivity index (χ4n) is 1.28. The molecule has 0 aliphatic rings. The Morgan fingerprint density at radius 2 is 2.06 bits per heavy atom. The van der Waals surface area contributed by atoms with Gasteiger partial charge in [-0.15, -0.1) is 0 Å². The molecule has 5 nitrogen and oxygen atoms in total. The summed E-state index contributed by atoms with van der Waals surface area (Å²) in [5.74, 6) is 0.0553.